The lowest BCUT2D eigenvalue weighted by Crippen LogP contribution is -2.52. The Balaban J connectivity index is 1.36. The van der Waals surface area contributed by atoms with Gasteiger partial charge in [0.15, 0.2) is 0 Å². The summed E-state index contributed by atoms with van der Waals surface area (Å²) in [6.45, 7) is 0.394. The molecule has 2 aromatic carbocycles. The molecule has 6 rings (SSSR count). The maximum absolute atomic E-state index is 15.6. The van der Waals surface area contributed by atoms with Crippen molar-refractivity contribution in [2.75, 3.05) is 19.4 Å². The summed E-state index contributed by atoms with van der Waals surface area (Å²) >= 11 is 0. The maximum atomic E-state index is 15.6. The molecule has 4 aliphatic rings. The van der Waals surface area contributed by atoms with Crippen LogP contribution in [0.15, 0.2) is 48.5 Å². The van der Waals surface area contributed by atoms with E-state index in [1.54, 1.807) is 23.3 Å². The van der Waals surface area contributed by atoms with E-state index in [-0.39, 0.29) is 36.2 Å². The molecule has 2 N–H and O–H groups in total. The van der Waals surface area contributed by atoms with Crippen molar-refractivity contribution in [3.8, 4) is 11.1 Å². The zero-order valence-corrected chi connectivity index (χ0v) is 18.9. The van der Waals surface area contributed by atoms with E-state index in [1.165, 1.54) is 0 Å². The quantitative estimate of drug-likeness (QED) is 0.668. The first-order valence-electron chi connectivity index (χ1n) is 11.0. The number of nitrogens with zero attached hydrogens (tertiary/aromatic N) is 1. The first kappa shape index (κ1) is 20.7. The fraction of sp³-hybridized carbons (Fsp3) is 0.375. The monoisotopic (exact) mass is 469 g/mol. The molecular weight excluding hydrogens is 445 g/mol. The van der Waals surface area contributed by atoms with Crippen LogP contribution in [0.2, 0.25) is 0 Å². The van der Waals surface area contributed by atoms with Crippen LogP contribution in [0, 0.1) is 11.2 Å². The summed E-state index contributed by atoms with van der Waals surface area (Å²) < 4.78 is 36.9. The number of rotatable bonds is 4. The van der Waals surface area contributed by atoms with Gasteiger partial charge >= 0.3 is 6.09 Å². The van der Waals surface area contributed by atoms with Crippen LogP contribution < -0.4 is 10.0 Å². The first-order chi connectivity index (χ1) is 15.8. The molecule has 9 heteroatoms. The molecular formula is C24H24FN3O4S. The van der Waals surface area contributed by atoms with Gasteiger partial charge in [-0.2, -0.15) is 0 Å². The molecule has 0 aromatic heterocycles. The van der Waals surface area contributed by atoms with Crippen LogP contribution in [0.3, 0.4) is 0 Å². The molecule has 3 aliphatic heterocycles. The molecule has 3 heterocycles. The van der Waals surface area contributed by atoms with E-state index in [4.69, 9.17) is 4.74 Å². The van der Waals surface area contributed by atoms with E-state index >= 15 is 4.39 Å². The minimum absolute atomic E-state index is 0.0229. The Hall–Kier alpha value is -2.91. The number of benzene rings is 2. The summed E-state index contributed by atoms with van der Waals surface area (Å²) in [7, 11) is -2.29. The van der Waals surface area contributed by atoms with Crippen LogP contribution in [0.25, 0.3) is 11.1 Å². The average Bonchev–Trinajstić information content (AvgIpc) is 3.16. The van der Waals surface area contributed by atoms with Crippen molar-refractivity contribution in [2.24, 2.45) is 5.41 Å². The summed E-state index contributed by atoms with van der Waals surface area (Å²) in [4.78, 5) is 27.5. The van der Waals surface area contributed by atoms with Crippen LogP contribution in [-0.2, 0) is 25.7 Å². The molecule has 5 atom stereocenters. The molecule has 2 amide bonds. The van der Waals surface area contributed by atoms with E-state index in [0.717, 1.165) is 10.4 Å². The number of carbonyl (C=O) groups is 2. The Labute approximate surface area is 191 Å². The van der Waals surface area contributed by atoms with Gasteiger partial charge in [0.1, 0.15) is 18.5 Å². The smallest absolute Gasteiger partial charge is 0.407 e. The van der Waals surface area contributed by atoms with Crippen LogP contribution >= 0.6 is 0 Å². The van der Waals surface area contributed by atoms with Crippen LogP contribution in [0.4, 0.5) is 9.18 Å². The Kier molecular flexibility index (Phi) is 4.41. The van der Waals surface area contributed by atoms with Crippen molar-refractivity contribution in [3.63, 3.8) is 0 Å². The number of halogens is 1. The normalized spacial score (nSPS) is 34.0. The second kappa shape index (κ2) is 7.04. The molecule has 0 radical (unpaired) electrons. The molecule has 1 saturated carbocycles. The Morgan fingerprint density at radius 1 is 1.24 bits per heavy atom. The molecule has 3 fully saturated rings. The van der Waals surface area contributed by atoms with Gasteiger partial charge in [-0.15, -0.1) is 0 Å². The first-order valence-corrected chi connectivity index (χ1v) is 13.0. The van der Waals surface area contributed by atoms with E-state index in [9.17, 15) is 13.8 Å². The molecule has 2 aromatic rings. The summed E-state index contributed by atoms with van der Waals surface area (Å²) in [6, 6.07) is 13.3. The van der Waals surface area contributed by atoms with Gasteiger partial charge in [-0.3, -0.25) is 9.00 Å². The number of amides is 2. The van der Waals surface area contributed by atoms with Crippen molar-refractivity contribution in [1.82, 2.24) is 14.9 Å². The zero-order valence-electron chi connectivity index (χ0n) is 18.0. The third-order valence-corrected chi connectivity index (χ3v) is 9.60. The highest BCUT2D eigenvalue weighted by Crippen LogP contribution is 2.57. The third-order valence-electron chi connectivity index (χ3n) is 7.41. The molecule has 7 nitrogen and oxygen atoms in total. The molecule has 1 aliphatic carbocycles. The number of ether oxygens (including phenoxy) is 1. The lowest BCUT2D eigenvalue weighted by molar-refractivity contribution is -0.134. The molecule has 4 unspecified atom stereocenters. The molecule has 172 valence electrons. The predicted molar refractivity (Wildman–Crippen MR) is 122 cm³/mol. The average molecular weight is 470 g/mol. The second-order valence-electron chi connectivity index (χ2n) is 9.37. The second-order valence-corrected chi connectivity index (χ2v) is 11.8. The number of cyclic esters (lactones) is 1. The van der Waals surface area contributed by atoms with E-state index in [0.29, 0.717) is 24.1 Å². The maximum Gasteiger partial charge on any atom is 0.407 e. The Morgan fingerprint density at radius 2 is 2.03 bits per heavy atom. The van der Waals surface area contributed by atoms with E-state index < -0.39 is 27.9 Å². The fourth-order valence-corrected chi connectivity index (χ4v) is 8.27. The highest BCUT2D eigenvalue weighted by Gasteiger charge is 2.70. The van der Waals surface area contributed by atoms with Gasteiger partial charge in [0.25, 0.3) is 0 Å². The van der Waals surface area contributed by atoms with Crippen LogP contribution in [0.1, 0.15) is 12.0 Å². The minimum Gasteiger partial charge on any atom is -0.447 e. The molecule has 1 spiro atoms. The molecule has 0 bridgehead atoms. The highest BCUT2D eigenvalue weighted by molar-refractivity contribution is 8.01. The number of carbonyl (C=O) groups excluding carboxylic acids is 2. The lowest BCUT2D eigenvalue weighted by atomic mass is 9.91. The van der Waals surface area contributed by atoms with Gasteiger partial charge in [0.2, 0.25) is 5.91 Å². The predicted octanol–water partition coefficient (Wildman–Crippen LogP) is 1.72. The number of likely N-dealkylation sites (tertiary alicyclic amines) is 1. The standard InChI is InChI=1S/C24H24FN3O4S/c1-33(31)19-11-24(19)13-28(22(29)17-12-32-23(30)26-17)18(21(24)27-33)10-15-8-5-9-16(20(15)25)14-6-3-2-4-7-14/h2-9,17-18,21H,10-13H2,1H3,(H,26,30)(H,27,31)/t17-,18?,21?,24?,33?/m1/s1. The fourth-order valence-electron chi connectivity index (χ4n) is 5.76. The van der Waals surface area contributed by atoms with Gasteiger partial charge in [0, 0.05) is 38.4 Å². The lowest BCUT2D eigenvalue weighted by Gasteiger charge is -2.30. The Bertz CT molecular complexity index is 1310. The summed E-state index contributed by atoms with van der Waals surface area (Å²) in [5.41, 5.74) is 1.46. The molecule has 2 saturated heterocycles. The van der Waals surface area contributed by atoms with Crippen molar-refractivity contribution < 1.29 is 22.9 Å². The molecule has 33 heavy (non-hydrogen) atoms. The number of alkyl carbamates (subject to hydrolysis) is 1. The van der Waals surface area contributed by atoms with Gasteiger partial charge < -0.3 is 15.0 Å². The van der Waals surface area contributed by atoms with Gasteiger partial charge in [-0.25, -0.2) is 13.9 Å². The van der Waals surface area contributed by atoms with E-state index in [2.05, 4.69) is 10.0 Å². The Morgan fingerprint density at radius 3 is 2.73 bits per heavy atom. The van der Waals surface area contributed by atoms with Crippen LogP contribution in [-0.4, -0.2) is 63.5 Å². The largest absolute Gasteiger partial charge is 0.447 e. The SMILES string of the molecule is CS1(=O)=C2CC23CN(C(=O)[C@H]2COC(=O)N2)C(Cc2cccc(-c4ccccc4)c2F)C3N1. The van der Waals surface area contributed by atoms with Crippen molar-refractivity contribution in [2.45, 2.75) is 31.0 Å². The third kappa shape index (κ3) is 3.09. The topological polar surface area (TPSA) is 87.7 Å². The minimum atomic E-state index is -2.29. The summed E-state index contributed by atoms with van der Waals surface area (Å²) in [6.07, 6.45) is 2.08. The summed E-state index contributed by atoms with van der Waals surface area (Å²) in [5.74, 6) is -0.560. The van der Waals surface area contributed by atoms with E-state index in [1.807, 2.05) is 36.4 Å². The van der Waals surface area contributed by atoms with Gasteiger partial charge in [-0.1, -0.05) is 48.5 Å². The highest BCUT2D eigenvalue weighted by atomic mass is 32.2. The van der Waals surface area contributed by atoms with Crippen LogP contribution in [0.5, 0.6) is 0 Å². The summed E-state index contributed by atoms with van der Waals surface area (Å²) in [5, 5.41) is 2.55. The van der Waals surface area contributed by atoms with Crippen molar-refractivity contribution in [3.05, 3.63) is 59.9 Å². The van der Waals surface area contributed by atoms with Gasteiger partial charge in [-0.05, 0) is 24.0 Å². The number of hydrogen-bond donors (Lipinski definition) is 2. The van der Waals surface area contributed by atoms with Crippen molar-refractivity contribution in [1.29, 1.82) is 0 Å². The zero-order chi connectivity index (χ0) is 23.0. The van der Waals surface area contributed by atoms with Crippen molar-refractivity contribution >= 4 is 26.6 Å². The van der Waals surface area contributed by atoms with Gasteiger partial charge in [0.05, 0.1) is 12.1 Å². The number of nitrogens with one attached hydrogen (secondary N) is 2. The number of hydrogen-bond acceptors (Lipinski definition) is 4.